The lowest BCUT2D eigenvalue weighted by atomic mass is 10.2. The predicted molar refractivity (Wildman–Crippen MR) is 108 cm³/mol. The highest BCUT2D eigenvalue weighted by Gasteiger charge is 2.24. The number of anilines is 1. The number of hydrogen-bond donors (Lipinski definition) is 2. The van der Waals surface area contributed by atoms with Gasteiger partial charge >= 0.3 is 0 Å². The van der Waals surface area contributed by atoms with Gasteiger partial charge in [0.15, 0.2) is 5.65 Å². The van der Waals surface area contributed by atoms with Crippen molar-refractivity contribution in [2.24, 2.45) is 0 Å². The van der Waals surface area contributed by atoms with Gasteiger partial charge in [-0.1, -0.05) is 29.8 Å². The van der Waals surface area contributed by atoms with Gasteiger partial charge in [-0.3, -0.25) is 9.36 Å². The van der Waals surface area contributed by atoms with Crippen molar-refractivity contribution >= 4 is 45.5 Å². The number of hydrogen-bond acceptors (Lipinski definition) is 4. The monoisotopic (exact) mass is 377 g/mol. The average molecular weight is 378 g/mol. The van der Waals surface area contributed by atoms with Crippen molar-refractivity contribution in [2.45, 2.75) is 0 Å². The standard InChI is InChI=1S/C20H16ClN5O/c1-2-11-23-20(27)16-17-19(25-15-6-4-3-5-14(15)24-17)26(18(16)22)13-9-7-12(21)8-10-13/h2-10H,1,11,22H2,(H,23,27). The quantitative estimate of drug-likeness (QED) is 0.531. The average Bonchev–Trinajstić information content (AvgIpc) is 2.96. The Balaban J connectivity index is 2.05. The van der Waals surface area contributed by atoms with Crippen molar-refractivity contribution < 1.29 is 4.79 Å². The van der Waals surface area contributed by atoms with Crippen LogP contribution < -0.4 is 11.1 Å². The molecule has 2 aromatic heterocycles. The molecule has 0 saturated heterocycles. The lowest BCUT2D eigenvalue weighted by Gasteiger charge is -2.08. The number of benzene rings is 2. The topological polar surface area (TPSA) is 85.8 Å². The molecule has 0 fully saturated rings. The van der Waals surface area contributed by atoms with E-state index in [0.717, 1.165) is 11.2 Å². The van der Waals surface area contributed by atoms with Gasteiger partial charge < -0.3 is 11.1 Å². The van der Waals surface area contributed by atoms with Crippen molar-refractivity contribution in [3.8, 4) is 5.69 Å². The molecule has 0 unspecified atom stereocenters. The zero-order valence-corrected chi connectivity index (χ0v) is 15.1. The Morgan fingerprint density at radius 3 is 2.48 bits per heavy atom. The molecule has 1 amide bonds. The molecule has 4 aromatic rings. The number of halogens is 1. The molecular formula is C20H16ClN5O. The molecule has 2 heterocycles. The fourth-order valence-electron chi connectivity index (χ4n) is 2.99. The maximum atomic E-state index is 12.7. The van der Waals surface area contributed by atoms with E-state index in [4.69, 9.17) is 22.3 Å². The predicted octanol–water partition coefficient (Wildman–Crippen LogP) is 3.73. The number of para-hydroxylation sites is 2. The summed E-state index contributed by atoms with van der Waals surface area (Å²) in [6.07, 6.45) is 1.60. The van der Waals surface area contributed by atoms with Gasteiger partial charge in [-0.15, -0.1) is 6.58 Å². The number of carbonyl (C=O) groups excluding carboxylic acids is 1. The van der Waals surface area contributed by atoms with E-state index in [1.807, 2.05) is 36.4 Å². The Morgan fingerprint density at radius 2 is 1.81 bits per heavy atom. The second kappa shape index (κ2) is 6.74. The Labute approximate surface area is 160 Å². The van der Waals surface area contributed by atoms with Crippen molar-refractivity contribution in [3.05, 3.63) is 71.8 Å². The molecule has 0 bridgehead atoms. The van der Waals surface area contributed by atoms with Crippen LogP contribution in [0.5, 0.6) is 0 Å². The third-order valence-corrected chi connectivity index (χ3v) is 4.47. The van der Waals surface area contributed by atoms with Crippen molar-refractivity contribution in [3.63, 3.8) is 0 Å². The normalized spacial score (nSPS) is 11.0. The summed E-state index contributed by atoms with van der Waals surface area (Å²) in [6.45, 7) is 3.95. The van der Waals surface area contributed by atoms with Crippen LogP contribution in [0.15, 0.2) is 61.2 Å². The molecule has 2 aromatic carbocycles. The highest BCUT2D eigenvalue weighted by atomic mass is 35.5. The van der Waals surface area contributed by atoms with Crippen LogP contribution in [-0.4, -0.2) is 27.0 Å². The number of fused-ring (bicyclic) bond motifs is 2. The summed E-state index contributed by atoms with van der Waals surface area (Å²) in [5.41, 5.74) is 9.79. The summed E-state index contributed by atoms with van der Waals surface area (Å²) >= 11 is 6.01. The van der Waals surface area contributed by atoms with Crippen LogP contribution in [0.3, 0.4) is 0 Å². The zero-order valence-electron chi connectivity index (χ0n) is 14.3. The molecule has 0 saturated carbocycles. The van der Waals surface area contributed by atoms with E-state index in [0.29, 0.717) is 33.8 Å². The molecular weight excluding hydrogens is 362 g/mol. The van der Waals surface area contributed by atoms with Gasteiger partial charge in [0.2, 0.25) is 0 Å². The van der Waals surface area contributed by atoms with Gasteiger partial charge in [-0.2, -0.15) is 0 Å². The fourth-order valence-corrected chi connectivity index (χ4v) is 3.12. The Bertz CT molecular complexity index is 1180. The van der Waals surface area contributed by atoms with E-state index in [9.17, 15) is 4.79 Å². The van der Waals surface area contributed by atoms with Gasteiger partial charge in [0.25, 0.3) is 5.91 Å². The van der Waals surface area contributed by atoms with Gasteiger partial charge in [0.05, 0.1) is 11.0 Å². The van der Waals surface area contributed by atoms with Crippen LogP contribution >= 0.6 is 11.6 Å². The molecule has 0 radical (unpaired) electrons. The van der Waals surface area contributed by atoms with E-state index in [-0.39, 0.29) is 11.7 Å². The summed E-state index contributed by atoms with van der Waals surface area (Å²) in [5.74, 6) is -0.0566. The molecule has 7 heteroatoms. The van der Waals surface area contributed by atoms with Crippen molar-refractivity contribution in [1.29, 1.82) is 0 Å². The molecule has 0 aliphatic rings. The third kappa shape index (κ3) is 2.90. The molecule has 0 aliphatic carbocycles. The summed E-state index contributed by atoms with van der Waals surface area (Å²) in [4.78, 5) is 22.1. The first kappa shape index (κ1) is 17.1. The minimum Gasteiger partial charge on any atom is -0.384 e. The first-order chi connectivity index (χ1) is 13.1. The second-order valence-electron chi connectivity index (χ2n) is 5.96. The number of aromatic nitrogens is 3. The Hall–Kier alpha value is -3.38. The fraction of sp³-hybridized carbons (Fsp3) is 0.0500. The van der Waals surface area contributed by atoms with Crippen LogP contribution in [0.2, 0.25) is 5.02 Å². The first-order valence-corrected chi connectivity index (χ1v) is 8.69. The van der Waals surface area contributed by atoms with Crippen LogP contribution in [0.25, 0.3) is 27.9 Å². The molecule has 4 rings (SSSR count). The molecule has 27 heavy (non-hydrogen) atoms. The van der Waals surface area contributed by atoms with E-state index in [1.165, 1.54) is 0 Å². The Morgan fingerprint density at radius 1 is 1.15 bits per heavy atom. The molecule has 0 spiro atoms. The minimum atomic E-state index is -0.324. The molecule has 0 aliphatic heterocycles. The lowest BCUT2D eigenvalue weighted by molar-refractivity contribution is 0.0960. The van der Waals surface area contributed by atoms with E-state index in [1.54, 1.807) is 22.8 Å². The van der Waals surface area contributed by atoms with Gasteiger partial charge in [0.1, 0.15) is 16.9 Å². The summed E-state index contributed by atoms with van der Waals surface area (Å²) in [6, 6.07) is 14.6. The lowest BCUT2D eigenvalue weighted by Crippen LogP contribution is -2.24. The van der Waals surface area contributed by atoms with Gasteiger partial charge in [0, 0.05) is 17.3 Å². The molecule has 0 atom stereocenters. The smallest absolute Gasteiger partial charge is 0.257 e. The van der Waals surface area contributed by atoms with Crippen LogP contribution in [0.4, 0.5) is 5.82 Å². The largest absolute Gasteiger partial charge is 0.384 e. The summed E-state index contributed by atoms with van der Waals surface area (Å²) in [5, 5.41) is 3.37. The number of amides is 1. The first-order valence-electron chi connectivity index (χ1n) is 8.32. The second-order valence-corrected chi connectivity index (χ2v) is 6.39. The van der Waals surface area contributed by atoms with Gasteiger partial charge in [-0.05, 0) is 36.4 Å². The molecule has 3 N–H and O–H groups in total. The number of nitrogens with one attached hydrogen (secondary N) is 1. The van der Waals surface area contributed by atoms with Gasteiger partial charge in [-0.25, -0.2) is 9.97 Å². The van der Waals surface area contributed by atoms with Crippen molar-refractivity contribution in [2.75, 3.05) is 12.3 Å². The van der Waals surface area contributed by atoms with E-state index < -0.39 is 0 Å². The highest BCUT2D eigenvalue weighted by molar-refractivity contribution is 6.30. The SMILES string of the molecule is C=CCNC(=O)c1c(N)n(-c2ccc(Cl)cc2)c2nc3ccccc3nc12. The number of nitrogens with zero attached hydrogens (tertiary/aromatic N) is 3. The van der Waals surface area contributed by atoms with Crippen LogP contribution in [-0.2, 0) is 0 Å². The highest BCUT2D eigenvalue weighted by Crippen LogP contribution is 2.31. The molecule has 134 valence electrons. The summed E-state index contributed by atoms with van der Waals surface area (Å²) < 4.78 is 1.72. The summed E-state index contributed by atoms with van der Waals surface area (Å²) in [7, 11) is 0. The van der Waals surface area contributed by atoms with Crippen LogP contribution in [0, 0.1) is 0 Å². The van der Waals surface area contributed by atoms with Crippen LogP contribution in [0.1, 0.15) is 10.4 Å². The van der Waals surface area contributed by atoms with E-state index in [2.05, 4.69) is 16.9 Å². The number of carbonyl (C=O) groups is 1. The number of nitrogens with two attached hydrogens (primary N) is 1. The number of rotatable bonds is 4. The number of nitrogen functional groups attached to an aromatic ring is 1. The van der Waals surface area contributed by atoms with Crippen molar-refractivity contribution in [1.82, 2.24) is 19.9 Å². The minimum absolute atomic E-state index is 0.268. The third-order valence-electron chi connectivity index (χ3n) is 4.22. The maximum Gasteiger partial charge on any atom is 0.257 e. The molecule has 6 nitrogen and oxygen atoms in total. The maximum absolute atomic E-state index is 12.7. The Kier molecular flexibility index (Phi) is 4.25. The zero-order chi connectivity index (χ0) is 19.0. The van der Waals surface area contributed by atoms with E-state index >= 15 is 0 Å².